The Hall–Kier alpha value is 1.65. The second kappa shape index (κ2) is 8.82. The largest absolute Gasteiger partial charge is 0 e. The van der Waals surface area contributed by atoms with Gasteiger partial charge in [0, 0.05) is 11.0 Å². The van der Waals surface area contributed by atoms with Crippen molar-refractivity contribution in [2.45, 2.75) is 0 Å². The molecule has 0 aromatic heterocycles. The van der Waals surface area contributed by atoms with E-state index in [2.05, 4.69) is 0 Å². The van der Waals surface area contributed by atoms with Crippen molar-refractivity contribution in [1.82, 2.24) is 0 Å². The van der Waals surface area contributed by atoms with Gasteiger partial charge >= 0.3 is 46.2 Å². The molecule has 0 rings (SSSR count). The van der Waals surface area contributed by atoms with Crippen LogP contribution in [-0.4, -0.2) is 11.0 Å². The first-order valence-electron chi connectivity index (χ1n) is 0.267. The minimum absolute atomic E-state index is 0. The molecule has 0 atom stereocenters. The van der Waals surface area contributed by atoms with Crippen molar-refractivity contribution in [3.05, 3.63) is 0 Å². The molecular weight excluding hydrogens is 197 g/mol. The van der Waals surface area contributed by atoms with E-state index in [1.165, 1.54) is 0 Å². The van der Waals surface area contributed by atoms with Gasteiger partial charge in [0.15, 0.2) is 0 Å². The second-order valence-corrected chi connectivity index (χ2v) is 0.339. The Balaban J connectivity index is 0. The van der Waals surface area contributed by atoms with E-state index in [0.29, 0.717) is 0 Å². The summed E-state index contributed by atoms with van der Waals surface area (Å²) < 4.78 is 19.4. The molecule has 0 aliphatic heterocycles. The summed E-state index contributed by atoms with van der Waals surface area (Å²) in [6.45, 7) is 0. The predicted octanol–water partition coefficient (Wildman–Crippen LogP) is 0.460. The SMILES string of the molecule is F[Xe]F.[Si]. The molecule has 26 valence electrons. The fourth-order valence-corrected chi connectivity index (χ4v) is 0. The Morgan fingerprint density at radius 3 is 1.25 bits per heavy atom. The Morgan fingerprint density at radius 2 is 1.25 bits per heavy atom. The topological polar surface area (TPSA) is 0 Å². The van der Waals surface area contributed by atoms with Gasteiger partial charge in [0.05, 0.1) is 0 Å². The fraction of sp³-hybridized carbons (Fsp3) is 0. The Bertz CT molecular complexity index is 6.00. The molecule has 0 heterocycles. The number of rotatable bonds is 0. The van der Waals surface area contributed by atoms with Crippen LogP contribution >= 0.6 is 0 Å². The summed E-state index contributed by atoms with van der Waals surface area (Å²) in [7, 11) is 0. The molecule has 0 saturated carbocycles. The van der Waals surface area contributed by atoms with Gasteiger partial charge in [-0.25, -0.2) is 0 Å². The van der Waals surface area contributed by atoms with Crippen molar-refractivity contribution in [1.29, 1.82) is 0 Å². The summed E-state index contributed by atoms with van der Waals surface area (Å²) >= 11 is -2.29. The van der Waals surface area contributed by atoms with E-state index < -0.39 is 46.0 Å². The first kappa shape index (κ1) is 9.17. The van der Waals surface area contributed by atoms with Crippen molar-refractivity contribution in [2.24, 2.45) is 0 Å². The molecule has 4 heavy (non-hydrogen) atoms. The van der Waals surface area contributed by atoms with Gasteiger partial charge < -0.3 is 0 Å². The minimum atomic E-state index is -2.29. The van der Waals surface area contributed by atoms with Gasteiger partial charge in [0.2, 0.25) is 0 Å². The summed E-state index contributed by atoms with van der Waals surface area (Å²) in [5.41, 5.74) is 0. The zero-order chi connectivity index (χ0) is 2.71. The first-order valence-corrected chi connectivity index (χ1v) is 1.79. The third-order valence-electron chi connectivity index (χ3n) is 0. The van der Waals surface area contributed by atoms with Crippen molar-refractivity contribution >= 4 is 11.0 Å². The summed E-state index contributed by atoms with van der Waals surface area (Å²) in [6, 6.07) is 0. The minimum Gasteiger partial charge on any atom is 0 e. The van der Waals surface area contributed by atoms with Crippen molar-refractivity contribution in [3.8, 4) is 0 Å². The van der Waals surface area contributed by atoms with Crippen LogP contribution in [0.15, 0.2) is 0 Å². The molecule has 4 heteroatoms. The van der Waals surface area contributed by atoms with E-state index in [9.17, 15) is 0.167 Å². The third kappa shape index (κ3) is 9.42. The van der Waals surface area contributed by atoms with Crippen molar-refractivity contribution < 1.29 is 46.2 Å². The molecule has 0 amide bonds. The van der Waals surface area contributed by atoms with E-state index >= 15 is 0 Å². The standard InChI is InChI=1S/F2Xe.Si/c1-3-2;. The van der Waals surface area contributed by atoms with Crippen LogP contribution in [0, 0.1) is 46.0 Å². The Labute approximate surface area is 56.1 Å². The monoisotopic (exact) mass is 198 g/mol. The van der Waals surface area contributed by atoms with Gasteiger partial charge in [-0.3, -0.25) is 0 Å². The second-order valence-electron chi connectivity index (χ2n) is 0.0505. The van der Waals surface area contributed by atoms with Crippen LogP contribution in [0.25, 0.3) is 0 Å². The van der Waals surface area contributed by atoms with Gasteiger partial charge in [0.25, 0.3) is 0 Å². The Kier molecular flexibility index (Phi) is 20.2. The smallest absolute Gasteiger partial charge is 0 e. The maximum Gasteiger partial charge on any atom is 0 e. The van der Waals surface area contributed by atoms with Crippen LogP contribution in [0.2, 0.25) is 0 Å². The fourth-order valence-electron chi connectivity index (χ4n) is 0. The van der Waals surface area contributed by atoms with Gasteiger partial charge in [-0.05, 0) is 0 Å². The normalized spacial score (nSPS) is 5.50. The van der Waals surface area contributed by atoms with E-state index in [0.717, 1.165) is 0 Å². The molecule has 0 aromatic rings. The van der Waals surface area contributed by atoms with Gasteiger partial charge in [0.1, 0.15) is 0 Å². The van der Waals surface area contributed by atoms with Gasteiger partial charge in [-0.2, -0.15) is 0 Å². The van der Waals surface area contributed by atoms with Crippen LogP contribution in [0.5, 0.6) is 0 Å². The predicted molar refractivity (Wildman–Crippen MR) is 7.97 cm³/mol. The Morgan fingerprint density at radius 1 is 1.25 bits per heavy atom. The van der Waals surface area contributed by atoms with E-state index in [4.69, 9.17) is 0 Å². The number of hydrogen-bond donors (Lipinski definition) is 0. The van der Waals surface area contributed by atoms with E-state index in [-0.39, 0.29) is 11.0 Å². The molecule has 0 fully saturated rings. The van der Waals surface area contributed by atoms with E-state index in [1.54, 1.807) is 0 Å². The van der Waals surface area contributed by atoms with Gasteiger partial charge in [-0.15, -0.1) is 0 Å². The van der Waals surface area contributed by atoms with Crippen LogP contribution in [0.3, 0.4) is 0 Å². The average Bonchev–Trinajstić information content (AvgIpc) is 0.918. The summed E-state index contributed by atoms with van der Waals surface area (Å²) in [5, 5.41) is 0. The molecule has 0 aromatic carbocycles. The molecule has 0 nitrogen and oxygen atoms in total. The maximum atomic E-state index is 9.72. The molecule has 0 aliphatic rings. The summed E-state index contributed by atoms with van der Waals surface area (Å²) in [6.07, 6.45) is 0. The average molecular weight is 197 g/mol. The van der Waals surface area contributed by atoms with Crippen LogP contribution in [-0.2, 0) is 0 Å². The molecule has 0 N–H and O–H groups in total. The molecule has 0 bridgehead atoms. The van der Waals surface area contributed by atoms with E-state index in [1.807, 2.05) is 0 Å². The van der Waals surface area contributed by atoms with Crippen molar-refractivity contribution in [2.75, 3.05) is 0 Å². The zero-order valence-corrected chi connectivity index (χ0v) is 4.63. The molecule has 0 spiro atoms. The van der Waals surface area contributed by atoms with Crippen LogP contribution in [0.1, 0.15) is 0 Å². The summed E-state index contributed by atoms with van der Waals surface area (Å²) in [4.78, 5) is 0. The zero-order valence-electron chi connectivity index (χ0n) is 1.61. The molecular formula is F2SiXe. The van der Waals surface area contributed by atoms with Crippen LogP contribution < -0.4 is 0 Å². The third-order valence-corrected chi connectivity index (χ3v) is 0. The molecule has 0 unspecified atom stereocenters. The first-order chi connectivity index (χ1) is 1.41. The maximum absolute atomic E-state index is 9.72. The molecule has 4 radical (unpaired) electrons. The molecule has 0 aliphatic carbocycles. The summed E-state index contributed by atoms with van der Waals surface area (Å²) in [5.74, 6) is 0. The number of hydrogen-bond acceptors (Lipinski definition) is 0. The van der Waals surface area contributed by atoms with Crippen LogP contribution in [0.4, 0.5) is 0.167 Å². The van der Waals surface area contributed by atoms with Crippen molar-refractivity contribution in [3.63, 3.8) is 0 Å². The quantitative estimate of drug-likeness (QED) is 0.495. The van der Waals surface area contributed by atoms with Gasteiger partial charge in [-0.1, -0.05) is 0 Å². The number of halogens is 2. The molecule has 0 saturated heterocycles.